The molecule has 0 spiro atoms. The van der Waals surface area contributed by atoms with Crippen molar-refractivity contribution in [2.45, 2.75) is 31.7 Å². The molecule has 120 valence electrons. The van der Waals surface area contributed by atoms with Gasteiger partial charge in [0.25, 0.3) is 0 Å². The van der Waals surface area contributed by atoms with Crippen LogP contribution in [0, 0.1) is 0 Å². The summed E-state index contributed by atoms with van der Waals surface area (Å²) in [5, 5.41) is 4.55. The highest BCUT2D eigenvalue weighted by molar-refractivity contribution is 6.26. The molecule has 0 bridgehead atoms. The van der Waals surface area contributed by atoms with Crippen LogP contribution in [-0.2, 0) is 0 Å². The van der Waals surface area contributed by atoms with E-state index in [4.69, 9.17) is 4.99 Å². The molecule has 2 heterocycles. The van der Waals surface area contributed by atoms with Crippen LogP contribution in [0.5, 0.6) is 0 Å². The first-order valence-electron chi connectivity index (χ1n) is 8.38. The lowest BCUT2D eigenvalue weighted by molar-refractivity contribution is 0.0625. The Balaban J connectivity index is 1.71. The molecule has 2 aliphatic heterocycles. The Labute approximate surface area is 137 Å². The number of hydrazine groups is 1. The van der Waals surface area contributed by atoms with E-state index >= 15 is 0 Å². The van der Waals surface area contributed by atoms with Gasteiger partial charge in [0.15, 0.2) is 0 Å². The lowest BCUT2D eigenvalue weighted by Gasteiger charge is -2.34. The van der Waals surface area contributed by atoms with E-state index in [0.29, 0.717) is 6.04 Å². The number of nitrogens with zero attached hydrogens (tertiary/aromatic N) is 5. The number of guanidine groups is 1. The van der Waals surface area contributed by atoms with Gasteiger partial charge in [0.05, 0.1) is 0 Å². The molecule has 1 aromatic carbocycles. The highest BCUT2D eigenvalue weighted by Gasteiger charge is 2.35. The maximum absolute atomic E-state index is 4.83. The molecule has 1 aromatic rings. The molecule has 5 nitrogen and oxygen atoms in total. The standard InChI is InChI=1S/C18H23N5/c1-21(2)17-16(14-8-4-3-5-9-14)12-22-18(20-17)19-13-23(22)15-10-6-7-11-15/h3-5,8-9,12,15H,6-7,10-11,13H2,1-2H3. The van der Waals surface area contributed by atoms with Crippen molar-refractivity contribution in [3.63, 3.8) is 0 Å². The first kappa shape index (κ1) is 14.5. The Kier molecular flexibility index (Phi) is 3.65. The minimum Gasteiger partial charge on any atom is -0.362 e. The molecular formula is C18H23N5. The van der Waals surface area contributed by atoms with Crippen molar-refractivity contribution in [1.82, 2.24) is 14.9 Å². The van der Waals surface area contributed by atoms with E-state index in [-0.39, 0.29) is 0 Å². The number of hydrogen-bond acceptors (Lipinski definition) is 5. The van der Waals surface area contributed by atoms with Crippen molar-refractivity contribution in [3.05, 3.63) is 42.1 Å². The summed E-state index contributed by atoms with van der Waals surface area (Å²) in [5.41, 5.74) is 2.34. The summed E-state index contributed by atoms with van der Waals surface area (Å²) >= 11 is 0. The average Bonchev–Trinajstić information content (AvgIpc) is 3.23. The van der Waals surface area contributed by atoms with Crippen molar-refractivity contribution in [2.75, 3.05) is 20.8 Å². The van der Waals surface area contributed by atoms with Gasteiger partial charge in [-0.25, -0.2) is 10.0 Å². The van der Waals surface area contributed by atoms with Gasteiger partial charge in [0.1, 0.15) is 12.5 Å². The van der Waals surface area contributed by atoms with Gasteiger partial charge in [-0.3, -0.25) is 0 Å². The van der Waals surface area contributed by atoms with Crippen molar-refractivity contribution < 1.29 is 0 Å². The van der Waals surface area contributed by atoms with Crippen LogP contribution in [0.25, 0.3) is 5.57 Å². The molecule has 1 fully saturated rings. The molecular weight excluding hydrogens is 286 g/mol. The van der Waals surface area contributed by atoms with Crippen molar-refractivity contribution in [1.29, 1.82) is 0 Å². The molecule has 0 saturated heterocycles. The second-order valence-electron chi connectivity index (χ2n) is 6.56. The summed E-state index contributed by atoms with van der Waals surface area (Å²) in [6, 6.07) is 11.1. The Bertz CT molecular complexity index is 668. The van der Waals surface area contributed by atoms with Gasteiger partial charge in [-0.15, -0.1) is 0 Å². The summed E-state index contributed by atoms with van der Waals surface area (Å²) in [4.78, 5) is 11.6. The first-order valence-corrected chi connectivity index (χ1v) is 8.38. The third-order valence-corrected chi connectivity index (χ3v) is 4.79. The third-order valence-electron chi connectivity index (χ3n) is 4.79. The Hall–Kier alpha value is -2.14. The van der Waals surface area contributed by atoms with Gasteiger partial charge >= 0.3 is 0 Å². The van der Waals surface area contributed by atoms with E-state index in [1.54, 1.807) is 0 Å². The normalized spacial score (nSPS) is 21.8. The van der Waals surface area contributed by atoms with Crippen LogP contribution < -0.4 is 0 Å². The molecule has 0 amide bonds. The minimum atomic E-state index is 0.598. The fourth-order valence-corrected chi connectivity index (χ4v) is 3.60. The van der Waals surface area contributed by atoms with Crippen LogP contribution in [0.2, 0.25) is 0 Å². The fraction of sp³-hybridized carbons (Fsp3) is 0.444. The highest BCUT2D eigenvalue weighted by atomic mass is 15.7. The maximum Gasteiger partial charge on any atom is 0.243 e. The molecule has 23 heavy (non-hydrogen) atoms. The minimum absolute atomic E-state index is 0.598. The Morgan fingerprint density at radius 2 is 1.83 bits per heavy atom. The van der Waals surface area contributed by atoms with Crippen LogP contribution in [0.15, 0.2) is 46.5 Å². The largest absolute Gasteiger partial charge is 0.362 e. The molecule has 0 N–H and O–H groups in total. The predicted molar refractivity (Wildman–Crippen MR) is 93.8 cm³/mol. The van der Waals surface area contributed by atoms with Gasteiger partial charge in [-0.1, -0.05) is 43.2 Å². The number of fused-ring (bicyclic) bond motifs is 1. The third kappa shape index (κ3) is 2.55. The van der Waals surface area contributed by atoms with E-state index in [9.17, 15) is 0 Å². The summed E-state index contributed by atoms with van der Waals surface area (Å²) in [6.07, 6.45) is 7.38. The molecule has 1 saturated carbocycles. The zero-order valence-electron chi connectivity index (χ0n) is 13.8. The van der Waals surface area contributed by atoms with Crippen molar-refractivity contribution in [3.8, 4) is 0 Å². The average molecular weight is 309 g/mol. The van der Waals surface area contributed by atoms with Gasteiger partial charge < -0.3 is 4.90 Å². The monoisotopic (exact) mass is 309 g/mol. The first-order chi connectivity index (χ1) is 11.2. The van der Waals surface area contributed by atoms with Crippen LogP contribution in [0.3, 0.4) is 0 Å². The second-order valence-corrected chi connectivity index (χ2v) is 6.56. The maximum atomic E-state index is 4.83. The van der Waals surface area contributed by atoms with Crippen molar-refractivity contribution in [2.24, 2.45) is 9.98 Å². The molecule has 4 rings (SSSR count). The quantitative estimate of drug-likeness (QED) is 0.842. The Morgan fingerprint density at radius 1 is 1.09 bits per heavy atom. The zero-order valence-corrected chi connectivity index (χ0v) is 13.8. The number of aliphatic imine (C=N–C) groups is 2. The molecule has 0 atom stereocenters. The summed E-state index contributed by atoms with van der Waals surface area (Å²) < 4.78 is 0. The van der Waals surface area contributed by atoms with Gasteiger partial charge in [-0.05, 0) is 18.4 Å². The lowest BCUT2D eigenvalue weighted by Crippen LogP contribution is -2.45. The lowest BCUT2D eigenvalue weighted by atomic mass is 10.0. The molecule has 0 radical (unpaired) electrons. The smallest absolute Gasteiger partial charge is 0.243 e. The van der Waals surface area contributed by atoms with E-state index in [2.05, 4.69) is 50.4 Å². The topological polar surface area (TPSA) is 34.4 Å². The second kappa shape index (κ2) is 5.81. The van der Waals surface area contributed by atoms with E-state index in [1.165, 1.54) is 31.2 Å². The SMILES string of the molecule is CN(C)C1=NC2=NCN(C3CCCC3)N2C=C1c1ccccc1. The van der Waals surface area contributed by atoms with Crippen LogP contribution in [-0.4, -0.2) is 53.5 Å². The number of likely N-dealkylation sites (N-methyl/N-ethyl adjacent to an activating group) is 1. The summed E-state index contributed by atoms with van der Waals surface area (Å²) in [6.45, 7) is 0.725. The number of rotatable bonds is 2. The molecule has 5 heteroatoms. The number of benzene rings is 1. The van der Waals surface area contributed by atoms with E-state index < -0.39 is 0 Å². The number of hydrogen-bond donors (Lipinski definition) is 0. The predicted octanol–water partition coefficient (Wildman–Crippen LogP) is 2.79. The van der Waals surface area contributed by atoms with Crippen molar-refractivity contribution >= 4 is 17.4 Å². The summed E-state index contributed by atoms with van der Waals surface area (Å²) in [7, 11) is 4.07. The zero-order chi connectivity index (χ0) is 15.8. The van der Waals surface area contributed by atoms with Crippen LogP contribution in [0.4, 0.5) is 0 Å². The number of amidine groups is 1. The van der Waals surface area contributed by atoms with Gasteiger partial charge in [0, 0.05) is 31.9 Å². The van der Waals surface area contributed by atoms with Gasteiger partial charge in [0.2, 0.25) is 5.96 Å². The van der Waals surface area contributed by atoms with Gasteiger partial charge in [-0.2, -0.15) is 10.0 Å². The van der Waals surface area contributed by atoms with E-state index in [1.807, 2.05) is 20.2 Å². The summed E-state index contributed by atoms with van der Waals surface area (Å²) in [5.74, 6) is 1.79. The van der Waals surface area contributed by atoms with Crippen LogP contribution >= 0.6 is 0 Å². The molecule has 3 aliphatic rings. The van der Waals surface area contributed by atoms with E-state index in [0.717, 1.165) is 24.0 Å². The Morgan fingerprint density at radius 3 is 2.52 bits per heavy atom. The molecule has 0 aromatic heterocycles. The highest BCUT2D eigenvalue weighted by Crippen LogP contribution is 2.31. The van der Waals surface area contributed by atoms with Crippen LogP contribution in [0.1, 0.15) is 31.2 Å². The molecule has 0 unspecified atom stereocenters. The fourth-order valence-electron chi connectivity index (χ4n) is 3.60. The molecule has 1 aliphatic carbocycles.